The van der Waals surface area contributed by atoms with Crippen LogP contribution in [0.2, 0.25) is 5.02 Å². The van der Waals surface area contributed by atoms with Crippen molar-refractivity contribution in [2.75, 3.05) is 56.1 Å². The van der Waals surface area contributed by atoms with Crippen LogP contribution in [0.15, 0.2) is 47.4 Å². The number of piperazine rings is 1. The first kappa shape index (κ1) is 22.4. The van der Waals surface area contributed by atoms with Gasteiger partial charge in [-0.15, -0.1) is 0 Å². The molecule has 1 heterocycles. The number of amides is 1. The lowest BCUT2D eigenvalue weighted by Crippen LogP contribution is -2.44. The van der Waals surface area contributed by atoms with Crippen molar-refractivity contribution in [1.82, 2.24) is 10.6 Å². The van der Waals surface area contributed by atoms with E-state index in [1.165, 1.54) is 24.3 Å². The highest BCUT2D eigenvalue weighted by Crippen LogP contribution is 2.27. The van der Waals surface area contributed by atoms with Gasteiger partial charge in [0.15, 0.2) is 0 Å². The summed E-state index contributed by atoms with van der Waals surface area (Å²) in [6.07, 6.45) is 0. The number of nitrogens with one attached hydrogen (secondary N) is 3. The highest BCUT2D eigenvalue weighted by molar-refractivity contribution is 7.92. The van der Waals surface area contributed by atoms with Crippen LogP contribution in [-0.2, 0) is 14.8 Å². The molecule has 30 heavy (non-hydrogen) atoms. The number of anilines is 2. The summed E-state index contributed by atoms with van der Waals surface area (Å²) < 4.78 is 32.9. The average Bonchev–Trinajstić information content (AvgIpc) is 2.74. The van der Waals surface area contributed by atoms with Gasteiger partial charge in [0.2, 0.25) is 0 Å². The number of methoxy groups -OCH3 is 1. The van der Waals surface area contributed by atoms with Crippen LogP contribution in [0, 0.1) is 0 Å². The highest BCUT2D eigenvalue weighted by atomic mass is 35.5. The van der Waals surface area contributed by atoms with Gasteiger partial charge < -0.3 is 20.3 Å². The smallest absolute Gasteiger partial charge is 0.261 e. The van der Waals surface area contributed by atoms with E-state index < -0.39 is 10.0 Å². The number of nitrogens with zero attached hydrogens (tertiary/aromatic N) is 1. The molecule has 2 aromatic rings. The third-order valence-electron chi connectivity index (χ3n) is 4.67. The van der Waals surface area contributed by atoms with Crippen LogP contribution in [-0.4, -0.2) is 60.8 Å². The quantitative estimate of drug-likeness (QED) is 0.529. The maximum Gasteiger partial charge on any atom is 0.261 e. The molecule has 0 radical (unpaired) electrons. The predicted molar refractivity (Wildman–Crippen MR) is 118 cm³/mol. The summed E-state index contributed by atoms with van der Waals surface area (Å²) >= 11 is 5.84. The van der Waals surface area contributed by atoms with Crippen LogP contribution in [0.25, 0.3) is 0 Å². The molecule has 2 aromatic carbocycles. The number of carbonyl (C=O) groups is 1. The summed E-state index contributed by atoms with van der Waals surface area (Å²) in [7, 11) is -2.26. The molecule has 162 valence electrons. The van der Waals surface area contributed by atoms with Crippen LogP contribution < -0.4 is 20.3 Å². The first-order valence-electron chi connectivity index (χ1n) is 9.56. The van der Waals surface area contributed by atoms with Crippen LogP contribution >= 0.6 is 11.6 Å². The number of benzene rings is 2. The van der Waals surface area contributed by atoms with Crippen molar-refractivity contribution >= 4 is 38.9 Å². The van der Waals surface area contributed by atoms with E-state index in [1.807, 2.05) is 0 Å². The normalized spacial score (nSPS) is 14.4. The van der Waals surface area contributed by atoms with Gasteiger partial charge >= 0.3 is 0 Å². The van der Waals surface area contributed by atoms with Crippen molar-refractivity contribution in [1.29, 1.82) is 0 Å². The van der Waals surface area contributed by atoms with Gasteiger partial charge in [0.05, 0.1) is 17.1 Å². The summed E-state index contributed by atoms with van der Waals surface area (Å²) in [6.45, 7) is 3.89. The summed E-state index contributed by atoms with van der Waals surface area (Å²) in [5.74, 6) is -0.284. The van der Waals surface area contributed by atoms with E-state index in [-0.39, 0.29) is 10.8 Å². The molecule has 0 spiro atoms. The largest absolute Gasteiger partial charge is 0.383 e. The van der Waals surface area contributed by atoms with Crippen molar-refractivity contribution in [2.24, 2.45) is 0 Å². The molecule has 8 nitrogen and oxygen atoms in total. The molecule has 0 bridgehead atoms. The molecule has 1 saturated heterocycles. The van der Waals surface area contributed by atoms with Crippen LogP contribution in [0.4, 0.5) is 11.4 Å². The Balaban J connectivity index is 1.88. The van der Waals surface area contributed by atoms with E-state index in [2.05, 4.69) is 20.3 Å². The summed E-state index contributed by atoms with van der Waals surface area (Å²) in [5.41, 5.74) is 1.48. The van der Waals surface area contributed by atoms with Crippen LogP contribution in [0.1, 0.15) is 10.4 Å². The standard InChI is InChI=1S/C20H25ClN4O4S/c1-29-13-10-23-20(26)18-14-16(4-7-19(18)25-11-8-22-9-12-25)24-30(27,28)17-5-2-15(21)3-6-17/h2-7,14,22,24H,8-13H2,1H3,(H,23,26). The Hall–Kier alpha value is -2.33. The van der Waals surface area contributed by atoms with Crippen molar-refractivity contribution in [2.45, 2.75) is 4.90 Å². The minimum atomic E-state index is -3.82. The number of hydrogen-bond donors (Lipinski definition) is 3. The Kier molecular flexibility index (Phi) is 7.54. The number of sulfonamides is 1. The SMILES string of the molecule is COCCNC(=O)c1cc(NS(=O)(=O)c2ccc(Cl)cc2)ccc1N1CCNCC1. The van der Waals surface area contributed by atoms with Gasteiger partial charge in [0.25, 0.3) is 15.9 Å². The molecule has 3 N–H and O–H groups in total. The zero-order chi connectivity index (χ0) is 21.6. The first-order chi connectivity index (χ1) is 14.4. The molecule has 1 amide bonds. The first-order valence-corrected chi connectivity index (χ1v) is 11.4. The van der Waals surface area contributed by atoms with Crippen molar-refractivity contribution in [3.05, 3.63) is 53.1 Å². The van der Waals surface area contributed by atoms with E-state index in [4.69, 9.17) is 16.3 Å². The van der Waals surface area contributed by atoms with Crippen molar-refractivity contribution in [3.63, 3.8) is 0 Å². The molecule has 0 aliphatic carbocycles. The van der Waals surface area contributed by atoms with Gasteiger partial charge in [-0.3, -0.25) is 9.52 Å². The molecule has 0 atom stereocenters. The summed E-state index contributed by atoms with van der Waals surface area (Å²) in [4.78, 5) is 15.0. The number of hydrogen-bond acceptors (Lipinski definition) is 6. The van der Waals surface area contributed by atoms with Gasteiger partial charge in [-0.1, -0.05) is 11.6 Å². The lowest BCUT2D eigenvalue weighted by Gasteiger charge is -2.31. The van der Waals surface area contributed by atoms with Crippen LogP contribution in [0.3, 0.4) is 0 Å². The van der Waals surface area contributed by atoms with Gasteiger partial charge in [0, 0.05) is 56.2 Å². The number of carbonyl (C=O) groups excluding carboxylic acids is 1. The van der Waals surface area contributed by atoms with E-state index >= 15 is 0 Å². The van der Waals surface area contributed by atoms with E-state index in [1.54, 1.807) is 25.3 Å². The fourth-order valence-corrected chi connectivity index (χ4v) is 4.33. The molecular weight excluding hydrogens is 428 g/mol. The van der Waals surface area contributed by atoms with Gasteiger partial charge in [-0.2, -0.15) is 0 Å². The zero-order valence-electron chi connectivity index (χ0n) is 16.7. The predicted octanol–water partition coefficient (Wildman–Crippen LogP) is 1.93. The molecule has 10 heteroatoms. The van der Waals surface area contributed by atoms with Gasteiger partial charge in [-0.05, 0) is 42.5 Å². The van der Waals surface area contributed by atoms with E-state index in [0.29, 0.717) is 29.4 Å². The lowest BCUT2D eigenvalue weighted by atomic mass is 10.1. The average molecular weight is 453 g/mol. The molecule has 0 unspecified atom stereocenters. The Morgan fingerprint density at radius 2 is 1.87 bits per heavy atom. The second-order valence-electron chi connectivity index (χ2n) is 6.78. The Morgan fingerprint density at radius 1 is 1.17 bits per heavy atom. The minimum absolute atomic E-state index is 0.0872. The minimum Gasteiger partial charge on any atom is -0.383 e. The van der Waals surface area contributed by atoms with Crippen LogP contribution in [0.5, 0.6) is 0 Å². The third-order valence-corrected chi connectivity index (χ3v) is 6.32. The van der Waals surface area contributed by atoms with Gasteiger partial charge in [-0.25, -0.2) is 8.42 Å². The zero-order valence-corrected chi connectivity index (χ0v) is 18.2. The molecule has 1 aliphatic rings. The van der Waals surface area contributed by atoms with Crippen molar-refractivity contribution < 1.29 is 17.9 Å². The molecule has 1 fully saturated rings. The third kappa shape index (κ3) is 5.63. The maximum absolute atomic E-state index is 12.8. The van der Waals surface area contributed by atoms with E-state index in [0.717, 1.165) is 31.9 Å². The summed E-state index contributed by atoms with van der Waals surface area (Å²) in [6, 6.07) is 10.9. The Morgan fingerprint density at radius 3 is 2.53 bits per heavy atom. The fourth-order valence-electron chi connectivity index (χ4n) is 3.15. The molecule has 1 aliphatic heterocycles. The topological polar surface area (TPSA) is 99.8 Å². The maximum atomic E-state index is 12.8. The molecule has 3 rings (SSSR count). The van der Waals surface area contributed by atoms with E-state index in [9.17, 15) is 13.2 Å². The second kappa shape index (κ2) is 10.1. The second-order valence-corrected chi connectivity index (χ2v) is 8.90. The van der Waals surface area contributed by atoms with Crippen molar-refractivity contribution in [3.8, 4) is 0 Å². The number of ether oxygens (including phenoxy) is 1. The lowest BCUT2D eigenvalue weighted by molar-refractivity contribution is 0.0937. The molecule has 0 saturated carbocycles. The highest BCUT2D eigenvalue weighted by Gasteiger charge is 2.21. The monoisotopic (exact) mass is 452 g/mol. The van der Waals surface area contributed by atoms with Gasteiger partial charge in [0.1, 0.15) is 0 Å². The number of rotatable bonds is 8. The summed E-state index contributed by atoms with van der Waals surface area (Å²) in [5, 5.41) is 6.54. The Bertz CT molecular complexity index is 977. The fraction of sp³-hybridized carbons (Fsp3) is 0.350. The Labute approximate surface area is 181 Å². The number of halogens is 1. The molecule has 0 aromatic heterocycles. The molecular formula is C20H25ClN4O4S.